The Morgan fingerprint density at radius 2 is 1.08 bits per heavy atom. The molecular formula is C74H120N18O19S3. The second kappa shape index (κ2) is 46.0. The van der Waals surface area contributed by atoms with Gasteiger partial charge in [0, 0.05) is 43.5 Å². The normalized spacial score (nSPS) is 28.4. The van der Waals surface area contributed by atoms with Crippen molar-refractivity contribution in [3.05, 3.63) is 0 Å². The predicted octanol–water partition coefficient (Wildman–Crippen LogP) is -3.57. The van der Waals surface area contributed by atoms with E-state index in [0.29, 0.717) is 31.7 Å². The molecule has 40 heteroatoms. The third kappa shape index (κ3) is 28.7. The van der Waals surface area contributed by atoms with Gasteiger partial charge in [0.25, 0.3) is 0 Å². The van der Waals surface area contributed by atoms with E-state index in [1.807, 2.05) is 0 Å². The van der Waals surface area contributed by atoms with Gasteiger partial charge in [-0.25, -0.2) is 0 Å². The average Bonchev–Trinajstić information content (AvgIpc) is 1.66. The van der Waals surface area contributed by atoms with Crippen molar-refractivity contribution in [1.82, 2.24) is 79.3 Å². The number of nitrogens with one attached hydrogen (secondary N) is 14. The number of aliphatic hydroxyl groups excluding tert-OH is 1. The Hall–Kier alpha value is -8.08. The second-order valence-corrected chi connectivity index (χ2v) is 35.3. The zero-order valence-corrected chi connectivity index (χ0v) is 68.2. The van der Waals surface area contributed by atoms with Crippen molar-refractivity contribution in [1.29, 1.82) is 0 Å². The van der Waals surface area contributed by atoms with Gasteiger partial charge >= 0.3 is 5.97 Å². The van der Waals surface area contributed by atoms with Gasteiger partial charge in [-0.3, -0.25) is 81.5 Å². The number of rotatable bonds is 32. The van der Waals surface area contributed by atoms with Crippen LogP contribution in [0.1, 0.15) is 182 Å². The molecule has 6 unspecified atom stereocenters. The molecule has 7 aliphatic rings. The minimum Gasteiger partial charge on any atom is -0.481 e. The van der Waals surface area contributed by atoms with E-state index in [-0.39, 0.29) is 99.1 Å². The van der Waals surface area contributed by atoms with Gasteiger partial charge in [-0.05, 0) is 145 Å². The van der Waals surface area contributed by atoms with Crippen LogP contribution in [-0.2, 0) is 81.5 Å². The van der Waals surface area contributed by atoms with Gasteiger partial charge in [0.2, 0.25) is 94.5 Å². The molecule has 4 heterocycles. The van der Waals surface area contributed by atoms with Crippen molar-refractivity contribution < 1.29 is 91.7 Å². The van der Waals surface area contributed by atoms with Crippen LogP contribution in [0, 0.1) is 35.5 Å². The summed E-state index contributed by atoms with van der Waals surface area (Å²) in [6.07, 6.45) is 10.4. The molecule has 4 saturated heterocycles. The van der Waals surface area contributed by atoms with E-state index in [2.05, 4.69) is 74.4 Å². The van der Waals surface area contributed by atoms with Gasteiger partial charge in [-0.15, -0.1) is 0 Å². The van der Waals surface area contributed by atoms with E-state index in [0.717, 1.165) is 97.1 Å². The molecule has 7 rings (SSSR count). The molecule has 3 aliphatic carbocycles. The van der Waals surface area contributed by atoms with Crippen LogP contribution >= 0.6 is 33.3 Å². The lowest BCUT2D eigenvalue weighted by atomic mass is 9.77. The first kappa shape index (κ1) is 93.1. The highest BCUT2D eigenvalue weighted by Crippen LogP contribution is 2.39. The molecule has 7 fully saturated rings. The van der Waals surface area contributed by atoms with Crippen LogP contribution in [0.3, 0.4) is 0 Å². The standard InChI is InChI=1S/C74H120N18O19S3/c1-37(2)26-50-66(103)82-47(21-22-59(75)95)64(101)85-52(28-41-32-78-45-18-11-9-16-43(41)45)69(106)87-54(30-60(76)96)70(107)91-57(74(111)92-24-13-20-58(92)73(110)88-51(27-40-14-7-6-8-15-40)67(104)83-49(62(77)99)31-61(97)98)36-114-113-35-56(72(109)86-53(68(105)84-50)29-42-33-79-46-19-12-10-17-44(42)46)90-63(100)38(3)80-71(108)55(34-93)89-65(102)48(23-25-112-5)81-39(4)94/h37-38,40-58,78-79,93H,6-36H2,1-5H3,(H2,75,95)(H2,76,96)(H2,77,99)(H,80,108)(H,81,94)(H,82,103)(H,83,104)(H,84,105)(H,85,101)(H,86,109)(H,87,106)(H,88,110)(H,89,102)(H,90,100)(H,91,107)(H,97,98)/t38-,41?,42?,43?,44?,45?,46?,47+,48+,49+,50+,51+,52+,53+,54+,55+,56+,57+,58+/m1/s1. The largest absolute Gasteiger partial charge is 0.481 e. The fraction of sp³-hybridized carbons (Fsp3) is 0.770. The average molecular weight is 1660 g/mol. The minimum atomic E-state index is -1.89. The van der Waals surface area contributed by atoms with Crippen LogP contribution in [0.2, 0.25) is 0 Å². The Balaban J connectivity index is 1.29. The number of thioether (sulfide) groups is 1. The highest BCUT2D eigenvalue weighted by Gasteiger charge is 2.46. The van der Waals surface area contributed by atoms with Crippen LogP contribution in [0.5, 0.6) is 0 Å². The van der Waals surface area contributed by atoms with Gasteiger partial charge in [0.05, 0.1) is 19.4 Å². The summed E-state index contributed by atoms with van der Waals surface area (Å²) in [6.45, 7) is 5.80. The molecule has 0 radical (unpaired) electrons. The lowest BCUT2D eigenvalue weighted by molar-refractivity contribution is -0.142. The molecule has 19 atom stereocenters. The molecular weight excluding hydrogens is 1540 g/mol. The molecule has 0 aromatic heterocycles. The van der Waals surface area contributed by atoms with Gasteiger partial charge in [-0.2, -0.15) is 11.8 Å². The molecule has 4 aliphatic heterocycles. The predicted molar refractivity (Wildman–Crippen MR) is 422 cm³/mol. The summed E-state index contributed by atoms with van der Waals surface area (Å²) >= 11 is 1.39. The van der Waals surface area contributed by atoms with Crippen molar-refractivity contribution in [3.8, 4) is 0 Å². The third-order valence-electron chi connectivity index (χ3n) is 22.6. The minimum absolute atomic E-state index is 0.00299. The van der Waals surface area contributed by atoms with Crippen LogP contribution in [0.4, 0.5) is 0 Å². The van der Waals surface area contributed by atoms with E-state index >= 15 is 28.8 Å². The lowest BCUT2D eigenvalue weighted by Crippen LogP contribution is -2.61. The van der Waals surface area contributed by atoms with Gasteiger partial charge in [0.1, 0.15) is 78.5 Å². The summed E-state index contributed by atoms with van der Waals surface area (Å²) in [6, 6.07) is -19.8. The quantitative estimate of drug-likeness (QED) is 0.0290. The zero-order valence-electron chi connectivity index (χ0n) is 65.8. The fourth-order valence-corrected chi connectivity index (χ4v) is 19.5. The summed E-state index contributed by atoms with van der Waals surface area (Å²) in [4.78, 5) is 241. The smallest absolute Gasteiger partial charge is 0.305 e. The topological polar surface area (TPSA) is 580 Å². The summed E-state index contributed by atoms with van der Waals surface area (Å²) in [7, 11) is 1.74. The van der Waals surface area contributed by atoms with Gasteiger partial charge in [-0.1, -0.05) is 93.2 Å². The number of likely N-dealkylation sites (tertiary alicyclic amines) is 1. The van der Waals surface area contributed by atoms with Crippen LogP contribution in [0.25, 0.3) is 0 Å². The highest BCUT2D eigenvalue weighted by atomic mass is 33.1. The number of nitrogens with zero attached hydrogens (tertiary/aromatic N) is 1. The fourth-order valence-electron chi connectivity index (χ4n) is 16.7. The first-order valence-corrected chi connectivity index (χ1v) is 43.9. The van der Waals surface area contributed by atoms with Crippen molar-refractivity contribution in [2.45, 2.75) is 272 Å². The zero-order chi connectivity index (χ0) is 83.5. The van der Waals surface area contributed by atoms with Gasteiger partial charge < -0.3 is 107 Å². The molecule has 0 spiro atoms. The number of amides is 16. The maximum atomic E-state index is 15.6. The van der Waals surface area contributed by atoms with Gasteiger partial charge in [0.15, 0.2) is 0 Å². The molecule has 37 nitrogen and oxygen atoms in total. The monoisotopic (exact) mass is 1660 g/mol. The molecule has 0 aromatic carbocycles. The maximum absolute atomic E-state index is 15.6. The Labute approximate surface area is 676 Å². The van der Waals surface area contributed by atoms with E-state index in [9.17, 15) is 63.0 Å². The van der Waals surface area contributed by atoms with Crippen molar-refractivity contribution in [3.63, 3.8) is 0 Å². The number of nitrogens with two attached hydrogens (primary N) is 3. The Morgan fingerprint density at radius 1 is 0.553 bits per heavy atom. The molecule has 0 aromatic rings. The van der Waals surface area contributed by atoms with Crippen molar-refractivity contribution >= 4 is 134 Å². The number of carbonyl (C=O) groups is 17. The number of primary amides is 3. The molecule has 16 amide bonds. The molecule has 114 heavy (non-hydrogen) atoms. The lowest BCUT2D eigenvalue weighted by Gasteiger charge is -2.32. The Morgan fingerprint density at radius 3 is 1.65 bits per heavy atom. The van der Waals surface area contributed by atoms with Crippen LogP contribution in [0.15, 0.2) is 0 Å². The summed E-state index contributed by atoms with van der Waals surface area (Å²) in [5.74, 6) is -17.6. The molecule has 638 valence electrons. The third-order valence-corrected chi connectivity index (χ3v) is 25.7. The van der Waals surface area contributed by atoms with Crippen LogP contribution < -0.4 is 91.6 Å². The summed E-state index contributed by atoms with van der Waals surface area (Å²) in [5.41, 5.74) is 17.0. The highest BCUT2D eigenvalue weighted by molar-refractivity contribution is 8.76. The van der Waals surface area contributed by atoms with E-state index in [4.69, 9.17) is 17.2 Å². The number of carbonyl (C=O) groups excluding carboxylic acids is 16. The molecule has 22 N–H and O–H groups in total. The number of carboxylic acids is 1. The SMILES string of the molecule is CSCC[C@H](NC(C)=O)C(=O)N[C@@H](CO)C(=O)N[C@H](C)C(=O)N[C@H]1CSSC[C@@H](C(=O)N2CCC[C@H]2C(=O)N[C@@H](CC2CCCCC2)C(=O)N[C@@H](CC(=O)O)C(N)=O)NC(=O)[C@H](CC(N)=O)NC(=O)[C@H](CC2CNC3CCCCC23)NC(=O)[C@H](CCC(N)=O)NC(=O)[C@H](CC(C)C)NC(=O)[C@H](CC2CNC3CCCCC23)NC1=O. The molecule has 3 saturated carbocycles. The molecule has 0 bridgehead atoms. The number of carboxylic acid groups (broad SMARTS) is 1. The number of hydrogen-bond acceptors (Lipinski definition) is 23. The van der Waals surface area contributed by atoms with Crippen LogP contribution in [-0.4, -0.2) is 256 Å². The Bertz CT molecular complexity index is 3430. The van der Waals surface area contributed by atoms with Crippen molar-refractivity contribution in [2.24, 2.45) is 52.7 Å². The second-order valence-electron chi connectivity index (χ2n) is 31.8. The maximum Gasteiger partial charge on any atom is 0.305 e. The first-order chi connectivity index (χ1) is 54.2. The number of fused-ring (bicyclic) bond motifs is 2. The summed E-state index contributed by atoms with van der Waals surface area (Å²) < 4.78 is 0. The number of aliphatic hydroxyl groups is 1. The number of aliphatic carboxylic acids is 1. The number of hydrogen-bond donors (Lipinski definition) is 19. The van der Waals surface area contributed by atoms with Crippen molar-refractivity contribution in [2.75, 3.05) is 49.8 Å². The van der Waals surface area contributed by atoms with E-state index in [1.54, 1.807) is 20.1 Å². The van der Waals surface area contributed by atoms with E-state index in [1.165, 1.54) is 25.6 Å². The first-order valence-electron chi connectivity index (χ1n) is 40.0. The Kier molecular flexibility index (Phi) is 37.6. The van der Waals surface area contributed by atoms with E-state index < -0.39 is 223 Å². The summed E-state index contributed by atoms with van der Waals surface area (Å²) in [5, 5.41) is 58.6.